The van der Waals surface area contributed by atoms with Gasteiger partial charge in [0.25, 0.3) is 0 Å². The summed E-state index contributed by atoms with van der Waals surface area (Å²) in [5, 5.41) is 0. The van der Waals surface area contributed by atoms with E-state index in [0.717, 1.165) is 0 Å². The molecule has 0 saturated carbocycles. The van der Waals surface area contributed by atoms with Crippen molar-refractivity contribution >= 4 is 11.9 Å². The lowest BCUT2D eigenvalue weighted by atomic mass is 10.6. The molecule has 0 radical (unpaired) electrons. The Balaban J connectivity index is 3.14. The molecule has 0 atom stereocenters. The minimum atomic E-state index is -0.503. The zero-order chi connectivity index (χ0) is 8.69. The Bertz CT molecular complexity index is 146. The molecule has 0 fully saturated rings. The van der Waals surface area contributed by atoms with Gasteiger partial charge in [-0.2, -0.15) is 0 Å². The van der Waals surface area contributed by atoms with Crippen LogP contribution in [0.5, 0.6) is 0 Å². The number of esters is 2. The van der Waals surface area contributed by atoms with E-state index in [2.05, 4.69) is 9.47 Å². The van der Waals surface area contributed by atoms with Crippen molar-refractivity contribution in [3.63, 3.8) is 0 Å². The quantitative estimate of drug-likeness (QED) is 0.425. The summed E-state index contributed by atoms with van der Waals surface area (Å²) in [5.41, 5.74) is 4.93. The molecule has 0 aromatic rings. The molecule has 0 aromatic carbocycles. The Labute approximate surface area is 64.5 Å². The number of ether oxygens (including phenoxy) is 2. The topological polar surface area (TPSA) is 78.6 Å². The first-order valence-corrected chi connectivity index (χ1v) is 3.16. The van der Waals surface area contributed by atoms with E-state index < -0.39 is 11.9 Å². The van der Waals surface area contributed by atoms with Gasteiger partial charge in [-0.25, -0.2) is 0 Å². The van der Waals surface area contributed by atoms with Gasteiger partial charge in [0.1, 0.15) is 13.2 Å². The van der Waals surface area contributed by atoms with E-state index >= 15 is 0 Å². The molecule has 5 nitrogen and oxygen atoms in total. The van der Waals surface area contributed by atoms with E-state index in [9.17, 15) is 9.59 Å². The minimum Gasteiger partial charge on any atom is -0.462 e. The van der Waals surface area contributed by atoms with Gasteiger partial charge >= 0.3 is 11.9 Å². The van der Waals surface area contributed by atoms with Crippen LogP contribution in [0.25, 0.3) is 0 Å². The second kappa shape index (κ2) is 5.67. The van der Waals surface area contributed by atoms with Crippen molar-refractivity contribution in [2.75, 3.05) is 19.8 Å². The van der Waals surface area contributed by atoms with E-state index in [1.54, 1.807) is 0 Å². The van der Waals surface area contributed by atoms with Gasteiger partial charge in [-0.1, -0.05) is 0 Å². The molecule has 2 N–H and O–H groups in total. The smallest absolute Gasteiger partial charge is 0.319 e. The summed E-state index contributed by atoms with van der Waals surface area (Å²) >= 11 is 0. The van der Waals surface area contributed by atoms with Crippen LogP contribution in [0.15, 0.2) is 0 Å². The van der Waals surface area contributed by atoms with Gasteiger partial charge in [0.2, 0.25) is 0 Å². The number of hydrogen-bond donors (Lipinski definition) is 1. The van der Waals surface area contributed by atoms with Gasteiger partial charge in [0.15, 0.2) is 0 Å². The van der Waals surface area contributed by atoms with Crippen molar-refractivity contribution in [2.24, 2.45) is 5.73 Å². The van der Waals surface area contributed by atoms with Gasteiger partial charge in [-0.3, -0.25) is 9.59 Å². The Morgan fingerprint density at radius 2 is 1.82 bits per heavy atom. The van der Waals surface area contributed by atoms with Crippen molar-refractivity contribution in [3.05, 3.63) is 0 Å². The van der Waals surface area contributed by atoms with E-state index in [-0.39, 0.29) is 19.8 Å². The molecule has 0 unspecified atom stereocenters. The molecule has 5 heteroatoms. The molecule has 0 amide bonds. The third kappa shape index (κ3) is 6.79. The molecule has 0 aromatic heterocycles. The molecule has 0 rings (SSSR count). The molecule has 0 heterocycles. The van der Waals surface area contributed by atoms with Crippen LogP contribution in [0.4, 0.5) is 0 Å². The third-order valence-electron chi connectivity index (χ3n) is 0.818. The van der Waals surface area contributed by atoms with Gasteiger partial charge in [-0.05, 0) is 0 Å². The van der Waals surface area contributed by atoms with Crippen LogP contribution < -0.4 is 5.73 Å². The molecular formula is C6H11NO4. The second-order valence-electron chi connectivity index (χ2n) is 1.76. The largest absolute Gasteiger partial charge is 0.462 e. The van der Waals surface area contributed by atoms with Crippen molar-refractivity contribution in [2.45, 2.75) is 6.92 Å². The van der Waals surface area contributed by atoms with Gasteiger partial charge in [0, 0.05) is 6.92 Å². The summed E-state index contributed by atoms with van der Waals surface area (Å²) in [7, 11) is 0. The molecule has 64 valence electrons. The lowest BCUT2D eigenvalue weighted by Gasteiger charge is -2.02. The van der Waals surface area contributed by atoms with Crippen LogP contribution >= 0.6 is 0 Å². The van der Waals surface area contributed by atoms with Crippen LogP contribution in [0, 0.1) is 0 Å². The van der Waals surface area contributed by atoms with Crippen LogP contribution in [-0.2, 0) is 19.1 Å². The lowest BCUT2D eigenvalue weighted by Crippen LogP contribution is -2.19. The lowest BCUT2D eigenvalue weighted by molar-refractivity contribution is -0.149. The Morgan fingerprint density at radius 1 is 1.27 bits per heavy atom. The fourth-order valence-corrected chi connectivity index (χ4v) is 0.400. The predicted molar refractivity (Wildman–Crippen MR) is 36.6 cm³/mol. The molecule has 0 spiro atoms. The summed E-state index contributed by atoms with van der Waals surface area (Å²) in [6, 6.07) is 0. The highest BCUT2D eigenvalue weighted by Gasteiger charge is 1.98. The molecular weight excluding hydrogens is 150 g/mol. The first-order chi connectivity index (χ1) is 5.16. The maximum atomic E-state index is 10.4. The summed E-state index contributed by atoms with van der Waals surface area (Å²) in [4.78, 5) is 20.5. The standard InChI is InChI=1S/C6H11NO4/c1-5(8)10-2-3-11-6(9)4-7/h2-4,7H2,1H3. The van der Waals surface area contributed by atoms with Gasteiger partial charge < -0.3 is 15.2 Å². The van der Waals surface area contributed by atoms with Crippen molar-refractivity contribution in [3.8, 4) is 0 Å². The van der Waals surface area contributed by atoms with Crippen molar-refractivity contribution in [1.82, 2.24) is 0 Å². The first-order valence-electron chi connectivity index (χ1n) is 3.16. The van der Waals surface area contributed by atoms with Crippen LogP contribution in [0.3, 0.4) is 0 Å². The number of carbonyl (C=O) groups excluding carboxylic acids is 2. The normalized spacial score (nSPS) is 8.91. The van der Waals surface area contributed by atoms with Crippen LogP contribution in [0.2, 0.25) is 0 Å². The van der Waals surface area contributed by atoms with Crippen LogP contribution in [-0.4, -0.2) is 31.7 Å². The number of nitrogens with two attached hydrogens (primary N) is 1. The Kier molecular flexibility index (Phi) is 5.10. The van der Waals surface area contributed by atoms with Crippen LogP contribution in [0.1, 0.15) is 6.92 Å². The Morgan fingerprint density at radius 3 is 2.27 bits per heavy atom. The SMILES string of the molecule is CC(=O)OCCOC(=O)CN. The number of rotatable bonds is 4. The average molecular weight is 161 g/mol. The molecule has 0 bridgehead atoms. The third-order valence-corrected chi connectivity index (χ3v) is 0.818. The Hall–Kier alpha value is -1.10. The maximum Gasteiger partial charge on any atom is 0.319 e. The first kappa shape index (κ1) is 9.90. The maximum absolute atomic E-state index is 10.4. The van der Waals surface area contributed by atoms with E-state index in [4.69, 9.17) is 5.73 Å². The number of carbonyl (C=O) groups is 2. The zero-order valence-electron chi connectivity index (χ0n) is 6.33. The summed E-state index contributed by atoms with van der Waals surface area (Å²) < 4.78 is 8.98. The van der Waals surface area contributed by atoms with E-state index in [0.29, 0.717) is 0 Å². The monoisotopic (exact) mass is 161 g/mol. The fraction of sp³-hybridized carbons (Fsp3) is 0.667. The molecule has 0 saturated heterocycles. The average Bonchev–Trinajstić information content (AvgIpc) is 1.97. The summed E-state index contributed by atoms with van der Waals surface area (Å²) in [6.45, 7) is 1.28. The second-order valence-corrected chi connectivity index (χ2v) is 1.76. The number of hydrogen-bond acceptors (Lipinski definition) is 5. The fourth-order valence-electron chi connectivity index (χ4n) is 0.400. The summed E-state index contributed by atoms with van der Waals surface area (Å²) in [6.07, 6.45) is 0. The molecule has 0 aliphatic rings. The van der Waals surface area contributed by atoms with E-state index in [1.165, 1.54) is 6.92 Å². The zero-order valence-corrected chi connectivity index (χ0v) is 6.33. The highest BCUT2D eigenvalue weighted by Crippen LogP contribution is 1.79. The van der Waals surface area contributed by atoms with Crippen molar-refractivity contribution in [1.29, 1.82) is 0 Å². The summed E-state index contributed by atoms with van der Waals surface area (Å²) in [5.74, 6) is -0.897. The van der Waals surface area contributed by atoms with Gasteiger partial charge in [-0.15, -0.1) is 0 Å². The van der Waals surface area contributed by atoms with E-state index in [1.807, 2.05) is 0 Å². The van der Waals surface area contributed by atoms with Crippen molar-refractivity contribution < 1.29 is 19.1 Å². The molecule has 0 aliphatic heterocycles. The van der Waals surface area contributed by atoms with Gasteiger partial charge in [0.05, 0.1) is 6.54 Å². The molecule has 0 aliphatic carbocycles. The predicted octanol–water partition coefficient (Wildman–Crippen LogP) is -0.949. The minimum absolute atomic E-state index is 0.0651. The highest BCUT2D eigenvalue weighted by atomic mass is 16.6. The molecule has 11 heavy (non-hydrogen) atoms. The highest BCUT2D eigenvalue weighted by molar-refractivity contribution is 5.71.